The van der Waals surface area contributed by atoms with Gasteiger partial charge in [-0.15, -0.1) is 0 Å². The molecule has 2 saturated carbocycles. The van der Waals surface area contributed by atoms with Crippen LogP contribution in [0.5, 0.6) is 0 Å². The molecule has 2 aliphatic carbocycles. The van der Waals surface area contributed by atoms with E-state index in [1.54, 1.807) is 0 Å². The molecule has 2 aromatic rings. The Labute approximate surface area is 161 Å². The Hall–Kier alpha value is -2.01. The van der Waals surface area contributed by atoms with Crippen molar-refractivity contribution in [2.45, 2.75) is 51.2 Å². The van der Waals surface area contributed by atoms with Crippen LogP contribution in [-0.2, 0) is 11.2 Å². The van der Waals surface area contributed by atoms with E-state index >= 15 is 0 Å². The zero-order valence-corrected chi connectivity index (χ0v) is 16.3. The highest BCUT2D eigenvalue weighted by molar-refractivity contribution is 5.86. The van der Waals surface area contributed by atoms with Crippen LogP contribution < -0.4 is 10.6 Å². The van der Waals surface area contributed by atoms with Gasteiger partial charge in [0, 0.05) is 54.7 Å². The molecule has 3 aliphatic rings. The van der Waals surface area contributed by atoms with E-state index < -0.39 is 0 Å². The quantitative estimate of drug-likeness (QED) is 0.575. The minimum Gasteiger partial charge on any atom is -0.377 e. The predicted molar refractivity (Wildman–Crippen MR) is 109 cm³/mol. The van der Waals surface area contributed by atoms with Crippen molar-refractivity contribution in [3.63, 3.8) is 0 Å². The van der Waals surface area contributed by atoms with Crippen LogP contribution in [0.4, 0.5) is 0 Å². The lowest BCUT2D eigenvalue weighted by Crippen LogP contribution is -2.72. The molecule has 0 radical (unpaired) electrons. The van der Waals surface area contributed by atoms with E-state index in [9.17, 15) is 0 Å². The average Bonchev–Trinajstić information content (AvgIpc) is 3.23. The average molecular weight is 367 g/mol. The number of rotatable bonds is 4. The summed E-state index contributed by atoms with van der Waals surface area (Å²) in [6.45, 7) is 3.99. The van der Waals surface area contributed by atoms with Gasteiger partial charge in [-0.1, -0.05) is 18.6 Å². The van der Waals surface area contributed by atoms with Crippen LogP contribution in [0.3, 0.4) is 0 Å². The molecule has 27 heavy (non-hydrogen) atoms. The number of nitrogens with one attached hydrogen (secondary N) is 3. The summed E-state index contributed by atoms with van der Waals surface area (Å²) in [4.78, 5) is 7.89. The lowest BCUT2D eigenvalue weighted by molar-refractivity contribution is -0.171. The zero-order chi connectivity index (χ0) is 18.4. The van der Waals surface area contributed by atoms with E-state index in [2.05, 4.69) is 51.9 Å². The number of ether oxygens (including phenoxy) is 1. The summed E-state index contributed by atoms with van der Waals surface area (Å²) in [6, 6.07) is 6.97. The van der Waals surface area contributed by atoms with Gasteiger partial charge < -0.3 is 20.4 Å². The SMILES string of the molecule is CN=C(NCCc1c[nH]c2cccc(C)c12)NC1C2CCOC2C12CCC2. The first-order chi connectivity index (χ1) is 13.2. The Morgan fingerprint density at radius 1 is 1.37 bits per heavy atom. The molecular weight excluding hydrogens is 336 g/mol. The fourth-order valence-corrected chi connectivity index (χ4v) is 5.76. The highest BCUT2D eigenvalue weighted by Crippen LogP contribution is 2.62. The number of aryl methyl sites for hydroxylation is 1. The van der Waals surface area contributed by atoms with E-state index in [0.717, 1.165) is 25.5 Å². The number of aliphatic imine (C=N–C) groups is 1. The van der Waals surface area contributed by atoms with E-state index in [-0.39, 0.29) is 0 Å². The summed E-state index contributed by atoms with van der Waals surface area (Å²) < 4.78 is 6.03. The Morgan fingerprint density at radius 3 is 3.04 bits per heavy atom. The van der Waals surface area contributed by atoms with Gasteiger partial charge in [0.15, 0.2) is 5.96 Å². The molecule has 3 N–H and O–H groups in total. The predicted octanol–water partition coefficient (Wildman–Crippen LogP) is 3.14. The minimum atomic E-state index is 0.382. The minimum absolute atomic E-state index is 0.382. The normalized spacial score (nSPS) is 28.7. The summed E-state index contributed by atoms with van der Waals surface area (Å²) in [5, 5.41) is 8.65. The standard InChI is InChI=1S/C22H30N4O/c1-14-5-3-6-17-18(14)15(13-25-17)7-11-24-21(23-2)26-19-16-8-12-27-20(16)22(19)9-4-10-22/h3,5-6,13,16,19-20,25H,4,7-12H2,1-2H3,(H2,23,24,26). The second kappa shape index (κ2) is 6.55. The first-order valence-corrected chi connectivity index (χ1v) is 10.4. The molecular formula is C22H30N4O. The van der Waals surface area contributed by atoms with Crippen molar-refractivity contribution in [1.29, 1.82) is 0 Å². The zero-order valence-electron chi connectivity index (χ0n) is 16.3. The van der Waals surface area contributed by atoms with Gasteiger partial charge in [0.1, 0.15) is 0 Å². The van der Waals surface area contributed by atoms with E-state index in [4.69, 9.17) is 4.74 Å². The van der Waals surface area contributed by atoms with Gasteiger partial charge in [-0.3, -0.25) is 4.99 Å². The molecule has 5 rings (SSSR count). The lowest BCUT2D eigenvalue weighted by atomic mass is 9.46. The molecule has 1 spiro atoms. The third-order valence-electron chi connectivity index (χ3n) is 7.23. The molecule has 1 saturated heterocycles. The number of H-pyrrole nitrogens is 1. The fourth-order valence-electron chi connectivity index (χ4n) is 5.76. The van der Waals surface area contributed by atoms with Crippen LogP contribution in [0.25, 0.3) is 10.9 Å². The third kappa shape index (κ3) is 2.59. The maximum absolute atomic E-state index is 6.03. The Balaban J connectivity index is 1.21. The summed E-state index contributed by atoms with van der Waals surface area (Å²) >= 11 is 0. The molecule has 2 heterocycles. The molecule has 1 aromatic heterocycles. The molecule has 3 atom stereocenters. The molecule has 0 bridgehead atoms. The van der Waals surface area contributed by atoms with Crippen molar-refractivity contribution in [3.05, 3.63) is 35.5 Å². The number of benzene rings is 1. The van der Waals surface area contributed by atoms with Crippen LogP contribution in [-0.4, -0.2) is 43.3 Å². The molecule has 3 fully saturated rings. The summed E-state index contributed by atoms with van der Waals surface area (Å²) in [5.74, 6) is 1.60. The molecule has 5 heteroatoms. The van der Waals surface area contributed by atoms with Gasteiger partial charge in [0.2, 0.25) is 0 Å². The number of nitrogens with zero attached hydrogens (tertiary/aromatic N) is 1. The van der Waals surface area contributed by atoms with Crippen molar-refractivity contribution in [3.8, 4) is 0 Å². The van der Waals surface area contributed by atoms with Crippen molar-refractivity contribution in [1.82, 2.24) is 15.6 Å². The number of hydrogen-bond acceptors (Lipinski definition) is 2. The highest BCUT2D eigenvalue weighted by atomic mass is 16.5. The summed E-state index contributed by atoms with van der Waals surface area (Å²) in [7, 11) is 1.87. The molecule has 1 aromatic carbocycles. The first-order valence-electron chi connectivity index (χ1n) is 10.4. The number of guanidine groups is 1. The smallest absolute Gasteiger partial charge is 0.191 e. The van der Waals surface area contributed by atoms with E-state index in [1.807, 2.05) is 7.05 Å². The lowest BCUT2D eigenvalue weighted by Gasteiger charge is -2.63. The maximum Gasteiger partial charge on any atom is 0.191 e. The molecule has 5 nitrogen and oxygen atoms in total. The third-order valence-corrected chi connectivity index (χ3v) is 7.23. The Bertz CT molecular complexity index is 866. The topological polar surface area (TPSA) is 61.4 Å². The van der Waals surface area contributed by atoms with Crippen LogP contribution >= 0.6 is 0 Å². The number of hydrogen-bond donors (Lipinski definition) is 3. The van der Waals surface area contributed by atoms with E-state index in [0.29, 0.717) is 23.5 Å². The number of aromatic nitrogens is 1. The second-order valence-electron chi connectivity index (χ2n) is 8.51. The van der Waals surface area contributed by atoms with Gasteiger partial charge in [-0.05, 0) is 49.8 Å². The molecule has 1 aliphatic heterocycles. The van der Waals surface area contributed by atoms with Gasteiger partial charge in [0.25, 0.3) is 0 Å². The van der Waals surface area contributed by atoms with Crippen LogP contribution in [0.15, 0.2) is 29.4 Å². The molecule has 3 unspecified atom stereocenters. The van der Waals surface area contributed by atoms with Gasteiger partial charge >= 0.3 is 0 Å². The van der Waals surface area contributed by atoms with Gasteiger partial charge in [0.05, 0.1) is 6.10 Å². The van der Waals surface area contributed by atoms with Gasteiger partial charge in [-0.2, -0.15) is 0 Å². The van der Waals surface area contributed by atoms with Crippen molar-refractivity contribution >= 4 is 16.9 Å². The summed E-state index contributed by atoms with van der Waals surface area (Å²) in [5.41, 5.74) is 4.31. The highest BCUT2D eigenvalue weighted by Gasteiger charge is 2.66. The van der Waals surface area contributed by atoms with Crippen LogP contribution in [0.1, 0.15) is 36.8 Å². The Kier molecular flexibility index (Phi) is 4.15. The van der Waals surface area contributed by atoms with Crippen molar-refractivity contribution in [2.75, 3.05) is 20.2 Å². The molecule has 144 valence electrons. The second-order valence-corrected chi connectivity index (χ2v) is 8.51. The van der Waals surface area contributed by atoms with Crippen LogP contribution in [0.2, 0.25) is 0 Å². The largest absolute Gasteiger partial charge is 0.377 e. The van der Waals surface area contributed by atoms with Crippen LogP contribution in [0, 0.1) is 18.3 Å². The molecule has 0 amide bonds. The van der Waals surface area contributed by atoms with Crippen molar-refractivity contribution < 1.29 is 4.74 Å². The number of fused-ring (bicyclic) bond motifs is 3. The monoisotopic (exact) mass is 366 g/mol. The van der Waals surface area contributed by atoms with Crippen molar-refractivity contribution in [2.24, 2.45) is 16.3 Å². The summed E-state index contributed by atoms with van der Waals surface area (Å²) in [6.07, 6.45) is 8.76. The fraction of sp³-hybridized carbons (Fsp3) is 0.591. The van der Waals surface area contributed by atoms with Gasteiger partial charge in [-0.25, -0.2) is 0 Å². The first kappa shape index (κ1) is 17.1. The maximum atomic E-state index is 6.03. The Morgan fingerprint density at radius 2 is 2.26 bits per heavy atom. The number of aromatic amines is 1. The van der Waals surface area contributed by atoms with E-state index in [1.165, 1.54) is 47.7 Å².